The molecule has 8 heteroatoms. The van der Waals surface area contributed by atoms with Crippen LogP contribution in [0.25, 0.3) is 0 Å². The normalized spacial score (nSPS) is 11.7. The van der Waals surface area contributed by atoms with E-state index < -0.39 is 21.5 Å². The van der Waals surface area contributed by atoms with Crippen LogP contribution in [0.15, 0.2) is 33.7 Å². The molecule has 19 heavy (non-hydrogen) atoms. The number of nitrogens with two attached hydrogens (primary N) is 1. The van der Waals surface area contributed by atoms with Gasteiger partial charge in [-0.3, -0.25) is 0 Å². The van der Waals surface area contributed by atoms with Crippen molar-refractivity contribution in [2.45, 2.75) is 18.4 Å². The zero-order chi connectivity index (χ0) is 14.0. The molecule has 0 aliphatic rings. The lowest BCUT2D eigenvalue weighted by atomic mass is 10.3. The van der Waals surface area contributed by atoms with E-state index in [1.807, 2.05) is 0 Å². The summed E-state index contributed by atoms with van der Waals surface area (Å²) in [5.74, 6) is -0.422. The van der Waals surface area contributed by atoms with Gasteiger partial charge in [0.2, 0.25) is 10.0 Å². The zero-order valence-corrected chi connectivity index (χ0v) is 10.9. The summed E-state index contributed by atoms with van der Waals surface area (Å²) in [4.78, 5) is -0.302. The smallest absolute Gasteiger partial charge is 0.243 e. The van der Waals surface area contributed by atoms with Crippen molar-refractivity contribution in [3.63, 3.8) is 0 Å². The van der Waals surface area contributed by atoms with Crippen LogP contribution in [0.1, 0.15) is 11.5 Å². The van der Waals surface area contributed by atoms with Crippen LogP contribution in [0.3, 0.4) is 0 Å². The Morgan fingerprint density at radius 2 is 2.21 bits per heavy atom. The van der Waals surface area contributed by atoms with Crippen LogP contribution in [0.5, 0.6) is 0 Å². The average molecular weight is 285 g/mol. The lowest BCUT2D eigenvalue weighted by Crippen LogP contribution is -2.24. The standard InChI is InChI=1S/C11H12FN3O3S/c1-7-5-8(18-15-7)6-14-19(16,17)10-4-2-3-9(12)11(10)13/h2-5,14H,6,13H2,1H3. The first-order valence-electron chi connectivity index (χ1n) is 5.36. The number of hydrogen-bond acceptors (Lipinski definition) is 5. The second-order valence-electron chi connectivity index (χ2n) is 3.91. The van der Waals surface area contributed by atoms with Gasteiger partial charge in [0.15, 0.2) is 5.76 Å². The number of sulfonamides is 1. The molecule has 0 fully saturated rings. The molecule has 1 aromatic carbocycles. The Morgan fingerprint density at radius 3 is 2.84 bits per heavy atom. The van der Waals surface area contributed by atoms with Crippen LogP contribution in [-0.4, -0.2) is 13.6 Å². The van der Waals surface area contributed by atoms with Crippen molar-refractivity contribution >= 4 is 15.7 Å². The van der Waals surface area contributed by atoms with Crippen molar-refractivity contribution in [3.8, 4) is 0 Å². The second kappa shape index (κ2) is 4.98. The summed E-state index contributed by atoms with van der Waals surface area (Å²) in [6.45, 7) is 1.63. The third kappa shape index (κ3) is 2.91. The first-order chi connectivity index (χ1) is 8.90. The van der Waals surface area contributed by atoms with E-state index in [0.717, 1.165) is 6.07 Å². The van der Waals surface area contributed by atoms with Crippen LogP contribution < -0.4 is 10.5 Å². The highest BCUT2D eigenvalue weighted by Gasteiger charge is 2.19. The van der Waals surface area contributed by atoms with Crippen LogP contribution in [0, 0.1) is 12.7 Å². The molecule has 2 rings (SSSR count). The Labute approximate surface area is 109 Å². The molecule has 0 aliphatic heterocycles. The number of rotatable bonds is 4. The number of halogens is 1. The van der Waals surface area contributed by atoms with Gasteiger partial charge in [0.05, 0.1) is 17.9 Å². The van der Waals surface area contributed by atoms with E-state index in [0.29, 0.717) is 11.5 Å². The van der Waals surface area contributed by atoms with E-state index in [9.17, 15) is 12.8 Å². The molecule has 102 valence electrons. The Kier molecular flexibility index (Phi) is 3.54. The van der Waals surface area contributed by atoms with E-state index in [4.69, 9.17) is 10.3 Å². The van der Waals surface area contributed by atoms with Crippen molar-refractivity contribution in [2.75, 3.05) is 5.73 Å². The van der Waals surface area contributed by atoms with Gasteiger partial charge in [0.25, 0.3) is 0 Å². The number of hydrogen-bond donors (Lipinski definition) is 2. The fourth-order valence-electron chi connectivity index (χ4n) is 1.50. The number of nitrogens with one attached hydrogen (secondary N) is 1. The summed E-state index contributed by atoms with van der Waals surface area (Å²) in [7, 11) is -3.91. The van der Waals surface area contributed by atoms with E-state index >= 15 is 0 Å². The molecule has 0 saturated heterocycles. The average Bonchev–Trinajstić information content (AvgIpc) is 2.76. The number of nitrogens with zero attached hydrogens (tertiary/aromatic N) is 1. The summed E-state index contributed by atoms with van der Waals surface area (Å²) in [5, 5.41) is 3.63. The van der Waals surface area contributed by atoms with Crippen LogP contribution in [0.2, 0.25) is 0 Å². The molecule has 1 aromatic heterocycles. The van der Waals surface area contributed by atoms with Gasteiger partial charge in [0.1, 0.15) is 10.7 Å². The highest BCUT2D eigenvalue weighted by molar-refractivity contribution is 7.89. The summed E-state index contributed by atoms with van der Waals surface area (Å²) in [6, 6.07) is 5.19. The minimum Gasteiger partial charge on any atom is -0.395 e. The number of aromatic nitrogens is 1. The molecule has 0 radical (unpaired) electrons. The number of para-hydroxylation sites is 1. The SMILES string of the molecule is Cc1cc(CNS(=O)(=O)c2cccc(F)c2N)on1. The first kappa shape index (κ1) is 13.5. The molecule has 6 nitrogen and oxygen atoms in total. The van der Waals surface area contributed by atoms with Crippen molar-refractivity contribution in [2.24, 2.45) is 0 Å². The van der Waals surface area contributed by atoms with Gasteiger partial charge >= 0.3 is 0 Å². The Hall–Kier alpha value is -1.93. The molecule has 1 heterocycles. The number of benzene rings is 1. The van der Waals surface area contributed by atoms with E-state index in [-0.39, 0.29) is 11.4 Å². The first-order valence-corrected chi connectivity index (χ1v) is 6.84. The van der Waals surface area contributed by atoms with Crippen molar-refractivity contribution in [1.29, 1.82) is 0 Å². The van der Waals surface area contributed by atoms with Crippen molar-refractivity contribution in [3.05, 3.63) is 41.5 Å². The third-order valence-corrected chi connectivity index (χ3v) is 3.88. The third-order valence-electron chi connectivity index (χ3n) is 2.42. The number of anilines is 1. The van der Waals surface area contributed by atoms with E-state index in [2.05, 4.69) is 9.88 Å². The summed E-state index contributed by atoms with van der Waals surface area (Å²) in [6.07, 6.45) is 0. The Bertz CT molecular complexity index is 697. The molecular weight excluding hydrogens is 273 g/mol. The van der Waals surface area contributed by atoms with Gasteiger partial charge in [-0.2, -0.15) is 0 Å². The zero-order valence-electron chi connectivity index (χ0n) is 10.1. The number of nitrogen functional groups attached to an aromatic ring is 1. The quantitative estimate of drug-likeness (QED) is 0.822. The highest BCUT2D eigenvalue weighted by atomic mass is 32.2. The van der Waals surface area contributed by atoms with Gasteiger partial charge in [-0.1, -0.05) is 11.2 Å². The van der Waals surface area contributed by atoms with Gasteiger partial charge in [-0.25, -0.2) is 17.5 Å². The van der Waals surface area contributed by atoms with Gasteiger partial charge in [-0.15, -0.1) is 0 Å². The molecule has 3 N–H and O–H groups in total. The van der Waals surface area contributed by atoms with Crippen molar-refractivity contribution in [1.82, 2.24) is 9.88 Å². The molecule has 2 aromatic rings. The van der Waals surface area contributed by atoms with Crippen LogP contribution >= 0.6 is 0 Å². The maximum absolute atomic E-state index is 13.2. The van der Waals surface area contributed by atoms with Gasteiger partial charge < -0.3 is 10.3 Å². The molecule has 0 unspecified atom stereocenters. The maximum atomic E-state index is 13.2. The fourth-order valence-corrected chi connectivity index (χ4v) is 2.63. The maximum Gasteiger partial charge on any atom is 0.243 e. The topological polar surface area (TPSA) is 98.2 Å². The molecule has 0 bridgehead atoms. The van der Waals surface area contributed by atoms with Crippen molar-refractivity contribution < 1.29 is 17.3 Å². The summed E-state index contributed by atoms with van der Waals surface area (Å²) in [5.41, 5.74) is 5.64. The monoisotopic (exact) mass is 285 g/mol. The lowest BCUT2D eigenvalue weighted by molar-refractivity contribution is 0.377. The highest BCUT2D eigenvalue weighted by Crippen LogP contribution is 2.21. The van der Waals surface area contributed by atoms with Gasteiger partial charge in [0, 0.05) is 6.07 Å². The minimum absolute atomic E-state index is 0.0842. The molecule has 0 saturated carbocycles. The number of aryl methyl sites for hydroxylation is 1. The predicted octanol–water partition coefficient (Wildman–Crippen LogP) is 1.18. The largest absolute Gasteiger partial charge is 0.395 e. The fraction of sp³-hybridized carbons (Fsp3) is 0.182. The summed E-state index contributed by atoms with van der Waals surface area (Å²) < 4.78 is 44.3. The predicted molar refractivity (Wildman–Crippen MR) is 66.1 cm³/mol. The van der Waals surface area contributed by atoms with Gasteiger partial charge in [-0.05, 0) is 19.1 Å². The molecule has 0 spiro atoms. The molecule has 0 atom stereocenters. The Morgan fingerprint density at radius 1 is 1.47 bits per heavy atom. The van der Waals surface area contributed by atoms with E-state index in [1.165, 1.54) is 12.1 Å². The summed E-state index contributed by atoms with van der Waals surface area (Å²) >= 11 is 0. The second-order valence-corrected chi connectivity index (χ2v) is 5.65. The molecular formula is C11H12FN3O3S. The van der Waals surface area contributed by atoms with E-state index in [1.54, 1.807) is 13.0 Å². The van der Waals surface area contributed by atoms with Crippen LogP contribution in [0.4, 0.5) is 10.1 Å². The lowest BCUT2D eigenvalue weighted by Gasteiger charge is -2.08. The van der Waals surface area contributed by atoms with Crippen LogP contribution in [-0.2, 0) is 16.6 Å². The Balaban J connectivity index is 2.21. The molecule has 0 aliphatic carbocycles. The molecule has 0 amide bonds. The minimum atomic E-state index is -3.91.